The summed E-state index contributed by atoms with van der Waals surface area (Å²) in [6.45, 7) is 23.4. The van der Waals surface area contributed by atoms with Gasteiger partial charge < -0.3 is 14.6 Å². The molecule has 8 unspecified atom stereocenters. The molecule has 1 N–H and O–H groups in total. The molecule has 5 nitrogen and oxygen atoms in total. The molecular formula is C47H66O5. The summed E-state index contributed by atoms with van der Waals surface area (Å²) in [6.07, 6.45) is 19.3. The van der Waals surface area contributed by atoms with Gasteiger partial charge in [-0.05, 0) is 141 Å². The fourth-order valence-electron chi connectivity index (χ4n) is 11.7. The Morgan fingerprint density at radius 2 is 1.60 bits per heavy atom. The molecule has 284 valence electrons. The Morgan fingerprint density at radius 1 is 0.904 bits per heavy atom. The molecule has 5 heteroatoms. The van der Waals surface area contributed by atoms with Gasteiger partial charge in [0.05, 0.1) is 20.3 Å². The van der Waals surface area contributed by atoms with Crippen LogP contribution in [0.5, 0.6) is 5.75 Å². The normalized spacial score (nSPS) is 33.2. The standard InChI is InChI=1S/C30H50O.C17H16O4/c1-20(2)10-9-11-21(3)22-14-18-30(8)24-12-13-25-27(4,5)26(31)16-17-28(25,6)23(24)15-19-29(22,30)7;1-4-13(11-5-7-12(20-2)8-6-11)14-9-16(19)17(21-3)10-15(14)18/h10,21-22,25-26,31H,9,11-19H2,1-8H3;4-10,13H,1H2,2-3H3. The minimum absolute atomic E-state index is 0.0465. The van der Waals surface area contributed by atoms with Crippen LogP contribution in [0, 0.1) is 39.4 Å². The third kappa shape index (κ3) is 6.96. The van der Waals surface area contributed by atoms with Gasteiger partial charge in [-0.25, -0.2) is 0 Å². The van der Waals surface area contributed by atoms with E-state index in [2.05, 4.69) is 68.0 Å². The van der Waals surface area contributed by atoms with Crippen LogP contribution in [0.2, 0.25) is 0 Å². The molecule has 0 spiro atoms. The van der Waals surface area contributed by atoms with E-state index in [1.165, 1.54) is 82.6 Å². The lowest BCUT2D eigenvalue weighted by atomic mass is 9.43. The number of aliphatic hydroxyl groups is 1. The molecule has 6 rings (SSSR count). The van der Waals surface area contributed by atoms with Crippen molar-refractivity contribution in [2.75, 3.05) is 14.2 Å². The van der Waals surface area contributed by atoms with Gasteiger partial charge in [-0.1, -0.05) is 82.5 Å². The number of allylic oxidation sites excluding steroid dienone is 8. The van der Waals surface area contributed by atoms with E-state index in [-0.39, 0.29) is 34.8 Å². The van der Waals surface area contributed by atoms with Crippen molar-refractivity contribution >= 4 is 11.6 Å². The first-order valence-corrected chi connectivity index (χ1v) is 19.8. The maximum absolute atomic E-state index is 12.2. The van der Waals surface area contributed by atoms with Gasteiger partial charge in [0.15, 0.2) is 11.5 Å². The number of hydrogen-bond donors (Lipinski definition) is 1. The van der Waals surface area contributed by atoms with Gasteiger partial charge in [0.1, 0.15) is 5.75 Å². The number of ether oxygens (including phenoxy) is 2. The van der Waals surface area contributed by atoms with Crippen molar-refractivity contribution in [2.24, 2.45) is 39.4 Å². The van der Waals surface area contributed by atoms with E-state index in [1.54, 1.807) is 25.3 Å². The highest BCUT2D eigenvalue weighted by atomic mass is 16.5. The van der Waals surface area contributed by atoms with Gasteiger partial charge >= 0.3 is 0 Å². The smallest absolute Gasteiger partial charge is 0.220 e. The molecule has 2 saturated carbocycles. The van der Waals surface area contributed by atoms with Gasteiger partial charge in [-0.15, -0.1) is 6.58 Å². The Labute approximate surface area is 314 Å². The second-order valence-electron chi connectivity index (χ2n) is 18.1. The van der Waals surface area contributed by atoms with Crippen molar-refractivity contribution in [1.82, 2.24) is 0 Å². The van der Waals surface area contributed by atoms with Gasteiger partial charge in [0.2, 0.25) is 5.78 Å². The van der Waals surface area contributed by atoms with E-state index < -0.39 is 0 Å². The largest absolute Gasteiger partial charge is 0.497 e. The molecule has 5 aliphatic rings. The molecule has 5 aliphatic carbocycles. The Balaban J connectivity index is 0.000000217. The summed E-state index contributed by atoms with van der Waals surface area (Å²) in [5, 5.41) is 10.8. The molecule has 0 aliphatic heterocycles. The van der Waals surface area contributed by atoms with Crippen molar-refractivity contribution in [3.05, 3.63) is 88.8 Å². The Bertz CT molecular complexity index is 1650. The van der Waals surface area contributed by atoms with Crippen molar-refractivity contribution in [1.29, 1.82) is 0 Å². The first-order chi connectivity index (χ1) is 24.5. The first kappa shape index (κ1) is 40.0. The predicted octanol–water partition coefficient (Wildman–Crippen LogP) is 11.1. The molecule has 8 atom stereocenters. The highest BCUT2D eigenvalue weighted by molar-refractivity contribution is 6.19. The van der Waals surface area contributed by atoms with Crippen LogP contribution in [0.1, 0.15) is 131 Å². The van der Waals surface area contributed by atoms with E-state index in [0.29, 0.717) is 27.7 Å². The van der Waals surface area contributed by atoms with Crippen LogP contribution in [-0.2, 0) is 14.3 Å². The Morgan fingerprint density at radius 3 is 2.21 bits per heavy atom. The third-order valence-electron chi connectivity index (χ3n) is 15.0. The van der Waals surface area contributed by atoms with Crippen molar-refractivity contribution in [2.45, 2.75) is 132 Å². The summed E-state index contributed by atoms with van der Waals surface area (Å²) in [5.41, 5.74) is 7.67. The van der Waals surface area contributed by atoms with E-state index >= 15 is 0 Å². The summed E-state index contributed by atoms with van der Waals surface area (Å²) in [5.74, 6) is 2.20. The Hall–Kier alpha value is -3.18. The number of carbonyl (C=O) groups is 2. The number of hydrogen-bond acceptors (Lipinski definition) is 5. The van der Waals surface area contributed by atoms with Crippen LogP contribution in [-0.4, -0.2) is 37.0 Å². The molecule has 0 amide bonds. The number of methoxy groups -OCH3 is 2. The zero-order valence-electron chi connectivity index (χ0n) is 33.9. The first-order valence-electron chi connectivity index (χ1n) is 19.8. The fourth-order valence-corrected chi connectivity index (χ4v) is 11.7. The van der Waals surface area contributed by atoms with Crippen molar-refractivity contribution in [3.63, 3.8) is 0 Å². The van der Waals surface area contributed by atoms with Crippen LogP contribution >= 0.6 is 0 Å². The monoisotopic (exact) mass is 710 g/mol. The molecular weight excluding hydrogens is 645 g/mol. The highest BCUT2D eigenvalue weighted by Gasteiger charge is 2.63. The maximum atomic E-state index is 12.2. The van der Waals surface area contributed by atoms with Gasteiger partial charge in [0.25, 0.3) is 0 Å². The molecule has 0 heterocycles. The SMILES string of the molecule is C=CC(C1=CC(=O)C(OC)=CC1=O)c1ccc(OC)cc1.CC(C)=CCCC(C)C1CCC2(C)C3=C(CCC12C)C1(C)CCC(O)C(C)(C)C1CC3. The molecule has 0 aromatic heterocycles. The average molecular weight is 711 g/mol. The maximum Gasteiger partial charge on any atom is 0.220 e. The quantitative estimate of drug-likeness (QED) is 0.204. The number of aliphatic hydroxyl groups excluding tert-OH is 1. The minimum Gasteiger partial charge on any atom is -0.497 e. The topological polar surface area (TPSA) is 72.8 Å². The predicted molar refractivity (Wildman–Crippen MR) is 212 cm³/mol. The number of rotatable bonds is 9. The highest BCUT2D eigenvalue weighted by Crippen LogP contribution is 2.72. The third-order valence-corrected chi connectivity index (χ3v) is 15.0. The van der Waals surface area contributed by atoms with Gasteiger partial charge in [0, 0.05) is 17.6 Å². The van der Waals surface area contributed by atoms with Crippen molar-refractivity contribution < 1.29 is 24.2 Å². The van der Waals surface area contributed by atoms with E-state index in [9.17, 15) is 14.7 Å². The van der Waals surface area contributed by atoms with Gasteiger partial charge in [-0.3, -0.25) is 9.59 Å². The second kappa shape index (κ2) is 15.3. The molecule has 0 radical (unpaired) electrons. The molecule has 2 fully saturated rings. The van der Waals surface area contributed by atoms with Crippen LogP contribution < -0.4 is 4.74 Å². The molecule has 0 saturated heterocycles. The minimum atomic E-state index is -0.345. The van der Waals surface area contributed by atoms with E-state index in [4.69, 9.17) is 9.47 Å². The van der Waals surface area contributed by atoms with E-state index in [0.717, 1.165) is 29.6 Å². The number of benzene rings is 1. The van der Waals surface area contributed by atoms with Crippen molar-refractivity contribution in [3.8, 4) is 5.75 Å². The fraction of sp³-hybridized carbons (Fsp3) is 0.617. The van der Waals surface area contributed by atoms with Crippen LogP contribution in [0.25, 0.3) is 0 Å². The van der Waals surface area contributed by atoms with Crippen LogP contribution in [0.3, 0.4) is 0 Å². The van der Waals surface area contributed by atoms with Gasteiger partial charge in [-0.2, -0.15) is 0 Å². The van der Waals surface area contributed by atoms with Crippen LogP contribution in [0.15, 0.2) is 83.2 Å². The Kier molecular flexibility index (Phi) is 11.8. The average Bonchev–Trinajstić information content (AvgIpc) is 3.39. The lowest BCUT2D eigenvalue weighted by Crippen LogP contribution is -2.55. The van der Waals surface area contributed by atoms with Crippen LogP contribution in [0.4, 0.5) is 0 Å². The summed E-state index contributed by atoms with van der Waals surface area (Å²) in [6, 6.07) is 7.30. The molecule has 1 aromatic rings. The summed E-state index contributed by atoms with van der Waals surface area (Å²) in [7, 11) is 2.95. The summed E-state index contributed by atoms with van der Waals surface area (Å²) < 4.78 is 9.98. The second-order valence-corrected chi connectivity index (χ2v) is 18.1. The lowest BCUT2D eigenvalue weighted by molar-refractivity contribution is -0.117. The summed E-state index contributed by atoms with van der Waals surface area (Å²) in [4.78, 5) is 24.0. The molecule has 1 aromatic carbocycles. The summed E-state index contributed by atoms with van der Waals surface area (Å²) >= 11 is 0. The number of fused-ring (bicyclic) bond motifs is 4. The lowest BCUT2D eigenvalue weighted by Gasteiger charge is -2.62. The zero-order valence-corrected chi connectivity index (χ0v) is 33.9. The molecule has 0 bridgehead atoms. The number of carbonyl (C=O) groups excluding carboxylic acids is 2. The molecule has 52 heavy (non-hydrogen) atoms. The zero-order chi connectivity index (χ0) is 38.2. The number of ketones is 2. The van der Waals surface area contributed by atoms with E-state index in [1.807, 2.05) is 23.3 Å².